The maximum atomic E-state index is 12.0. The highest BCUT2D eigenvalue weighted by atomic mass is 32.2. The number of benzene rings is 1. The van der Waals surface area contributed by atoms with Crippen molar-refractivity contribution in [2.75, 3.05) is 13.1 Å². The molecule has 1 aromatic carbocycles. The second kappa shape index (κ2) is 7.62. The van der Waals surface area contributed by atoms with Crippen LogP contribution in [0.1, 0.15) is 10.4 Å². The fourth-order valence-electron chi connectivity index (χ4n) is 1.79. The molecule has 0 aliphatic rings. The van der Waals surface area contributed by atoms with Gasteiger partial charge in [0.15, 0.2) is 0 Å². The van der Waals surface area contributed by atoms with Crippen LogP contribution >= 0.6 is 0 Å². The molecule has 0 bridgehead atoms. The zero-order valence-corrected chi connectivity index (χ0v) is 13.2. The summed E-state index contributed by atoms with van der Waals surface area (Å²) in [5.41, 5.74) is 0.174. The van der Waals surface area contributed by atoms with E-state index >= 15 is 0 Å². The third kappa shape index (κ3) is 4.57. The maximum absolute atomic E-state index is 12.0. The Kier molecular flexibility index (Phi) is 5.55. The first kappa shape index (κ1) is 17.5. The van der Waals surface area contributed by atoms with Gasteiger partial charge in [-0.15, -0.1) is 0 Å². The van der Waals surface area contributed by atoms with Gasteiger partial charge in [0, 0.05) is 37.6 Å². The van der Waals surface area contributed by atoms with Crippen molar-refractivity contribution in [1.82, 2.24) is 15.0 Å². The summed E-state index contributed by atoms with van der Waals surface area (Å²) in [5.74, 6) is -0.363. The molecule has 10 heteroatoms. The molecule has 0 fully saturated rings. The Morgan fingerprint density at radius 2 is 1.88 bits per heavy atom. The summed E-state index contributed by atoms with van der Waals surface area (Å²) in [4.78, 5) is 25.4. The van der Waals surface area contributed by atoms with Gasteiger partial charge in [-0.2, -0.15) is 0 Å². The summed E-state index contributed by atoms with van der Waals surface area (Å²) < 4.78 is 26.4. The zero-order valence-electron chi connectivity index (χ0n) is 12.4. The Bertz CT molecular complexity index is 822. The summed E-state index contributed by atoms with van der Waals surface area (Å²) in [5, 5.41) is 13.1. The van der Waals surface area contributed by atoms with Crippen molar-refractivity contribution in [3.05, 3.63) is 64.5 Å². The maximum Gasteiger partial charge on any atom is 0.269 e. The van der Waals surface area contributed by atoms with Crippen molar-refractivity contribution in [2.45, 2.75) is 4.90 Å². The molecule has 0 aliphatic heterocycles. The Balaban J connectivity index is 1.86. The minimum absolute atomic E-state index is 0.0225. The first-order valence-electron chi connectivity index (χ1n) is 6.82. The number of sulfonamides is 1. The van der Waals surface area contributed by atoms with E-state index in [1.165, 1.54) is 12.4 Å². The molecule has 0 atom stereocenters. The van der Waals surface area contributed by atoms with Crippen LogP contribution < -0.4 is 10.0 Å². The first-order chi connectivity index (χ1) is 11.4. The summed E-state index contributed by atoms with van der Waals surface area (Å²) in [6.45, 7) is 0.0608. The van der Waals surface area contributed by atoms with Gasteiger partial charge in [-0.1, -0.05) is 0 Å². The van der Waals surface area contributed by atoms with Crippen molar-refractivity contribution in [3.8, 4) is 0 Å². The van der Waals surface area contributed by atoms with E-state index in [0.717, 1.165) is 24.3 Å². The van der Waals surface area contributed by atoms with Crippen LogP contribution in [0.4, 0.5) is 5.69 Å². The lowest BCUT2D eigenvalue weighted by Gasteiger charge is -2.08. The zero-order chi connectivity index (χ0) is 17.6. The minimum Gasteiger partial charge on any atom is -0.351 e. The molecule has 9 nitrogen and oxygen atoms in total. The van der Waals surface area contributed by atoms with E-state index in [0.29, 0.717) is 5.56 Å². The topological polar surface area (TPSA) is 131 Å². The van der Waals surface area contributed by atoms with E-state index in [1.54, 1.807) is 12.1 Å². The number of nitro groups is 1. The van der Waals surface area contributed by atoms with E-state index in [9.17, 15) is 23.3 Å². The molecular formula is C14H14N4O5S. The predicted octanol–water partition coefficient (Wildman–Crippen LogP) is 0.698. The fourth-order valence-corrected chi connectivity index (χ4v) is 2.82. The number of hydrogen-bond donors (Lipinski definition) is 2. The number of pyridine rings is 1. The molecule has 0 radical (unpaired) electrons. The highest BCUT2D eigenvalue weighted by Gasteiger charge is 2.15. The van der Waals surface area contributed by atoms with Gasteiger partial charge in [0.1, 0.15) is 0 Å². The molecule has 2 aromatic rings. The van der Waals surface area contributed by atoms with Gasteiger partial charge in [-0.05, 0) is 24.3 Å². The molecule has 1 amide bonds. The smallest absolute Gasteiger partial charge is 0.269 e. The second-order valence-electron chi connectivity index (χ2n) is 4.65. The SMILES string of the molecule is O=C(NCCNS(=O)(=O)c1ccc([N+](=O)[O-])cc1)c1cccnc1. The van der Waals surface area contributed by atoms with Crippen LogP contribution in [0.2, 0.25) is 0 Å². The van der Waals surface area contributed by atoms with Crippen molar-refractivity contribution >= 4 is 21.6 Å². The summed E-state index contributed by atoms with van der Waals surface area (Å²) in [6, 6.07) is 7.72. The molecular weight excluding hydrogens is 336 g/mol. The molecule has 0 saturated carbocycles. The number of nitrogens with zero attached hydrogens (tertiary/aromatic N) is 2. The second-order valence-corrected chi connectivity index (χ2v) is 6.41. The van der Waals surface area contributed by atoms with Gasteiger partial charge in [-0.25, -0.2) is 13.1 Å². The van der Waals surface area contributed by atoms with Crippen LogP contribution in [-0.4, -0.2) is 37.3 Å². The van der Waals surface area contributed by atoms with Crippen molar-refractivity contribution in [2.24, 2.45) is 0 Å². The van der Waals surface area contributed by atoms with Gasteiger partial charge in [-0.3, -0.25) is 19.9 Å². The van der Waals surface area contributed by atoms with Gasteiger partial charge in [0.2, 0.25) is 10.0 Å². The number of aromatic nitrogens is 1. The standard InChI is InChI=1S/C14H14N4O5S/c19-14(11-2-1-7-15-10-11)16-8-9-17-24(22,23)13-5-3-12(4-6-13)18(20)21/h1-7,10,17H,8-9H2,(H,16,19). The van der Waals surface area contributed by atoms with Gasteiger partial charge in [0.25, 0.3) is 11.6 Å². The lowest BCUT2D eigenvalue weighted by atomic mass is 10.3. The monoisotopic (exact) mass is 350 g/mol. The van der Waals surface area contributed by atoms with E-state index in [4.69, 9.17) is 0 Å². The molecule has 0 spiro atoms. The van der Waals surface area contributed by atoms with Crippen LogP contribution in [0.25, 0.3) is 0 Å². The third-order valence-electron chi connectivity index (χ3n) is 2.98. The largest absolute Gasteiger partial charge is 0.351 e. The average molecular weight is 350 g/mol. The highest BCUT2D eigenvalue weighted by Crippen LogP contribution is 2.15. The van der Waals surface area contributed by atoms with Crippen molar-refractivity contribution < 1.29 is 18.1 Å². The minimum atomic E-state index is -3.80. The number of amides is 1. The number of carbonyl (C=O) groups is 1. The van der Waals surface area contributed by atoms with Gasteiger partial charge in [0.05, 0.1) is 15.4 Å². The highest BCUT2D eigenvalue weighted by molar-refractivity contribution is 7.89. The molecule has 2 rings (SSSR count). The molecule has 0 unspecified atom stereocenters. The normalized spacial score (nSPS) is 11.0. The van der Waals surface area contributed by atoms with Crippen LogP contribution in [0.15, 0.2) is 53.7 Å². The van der Waals surface area contributed by atoms with Crippen LogP contribution in [-0.2, 0) is 10.0 Å². The van der Waals surface area contributed by atoms with E-state index in [-0.39, 0.29) is 29.6 Å². The number of nitro benzene ring substituents is 1. The predicted molar refractivity (Wildman–Crippen MR) is 84.9 cm³/mol. The number of nitrogens with one attached hydrogen (secondary N) is 2. The molecule has 24 heavy (non-hydrogen) atoms. The molecule has 1 heterocycles. The summed E-state index contributed by atoms with van der Waals surface area (Å²) in [7, 11) is -3.80. The van der Waals surface area contributed by atoms with Crippen LogP contribution in [0, 0.1) is 10.1 Å². The molecule has 1 aromatic heterocycles. The van der Waals surface area contributed by atoms with E-state index in [1.807, 2.05) is 0 Å². The van der Waals surface area contributed by atoms with E-state index < -0.39 is 14.9 Å². The Morgan fingerprint density at radius 1 is 1.17 bits per heavy atom. The van der Waals surface area contributed by atoms with Gasteiger partial charge < -0.3 is 5.32 Å². The number of carbonyl (C=O) groups excluding carboxylic acids is 1. The first-order valence-corrected chi connectivity index (χ1v) is 8.31. The number of non-ortho nitro benzene ring substituents is 1. The van der Waals surface area contributed by atoms with Crippen molar-refractivity contribution in [1.29, 1.82) is 0 Å². The Morgan fingerprint density at radius 3 is 2.46 bits per heavy atom. The quantitative estimate of drug-likeness (QED) is 0.429. The lowest BCUT2D eigenvalue weighted by molar-refractivity contribution is -0.384. The average Bonchev–Trinajstić information content (AvgIpc) is 2.59. The van der Waals surface area contributed by atoms with Crippen LogP contribution in [0.3, 0.4) is 0 Å². The molecule has 0 aliphatic carbocycles. The lowest BCUT2D eigenvalue weighted by Crippen LogP contribution is -2.34. The summed E-state index contributed by atoms with van der Waals surface area (Å²) >= 11 is 0. The summed E-state index contributed by atoms with van der Waals surface area (Å²) in [6.07, 6.45) is 2.94. The Labute approximate surface area is 137 Å². The van der Waals surface area contributed by atoms with Crippen molar-refractivity contribution in [3.63, 3.8) is 0 Å². The third-order valence-corrected chi connectivity index (χ3v) is 4.46. The fraction of sp³-hybridized carbons (Fsp3) is 0.143. The van der Waals surface area contributed by atoms with Crippen LogP contribution in [0.5, 0.6) is 0 Å². The molecule has 0 saturated heterocycles. The number of rotatable bonds is 7. The van der Waals surface area contributed by atoms with Gasteiger partial charge >= 0.3 is 0 Å². The molecule has 2 N–H and O–H groups in total. The van der Waals surface area contributed by atoms with E-state index in [2.05, 4.69) is 15.0 Å². The number of hydrogen-bond acceptors (Lipinski definition) is 6. The Hall–Kier alpha value is -2.85. The molecule has 126 valence electrons.